The summed E-state index contributed by atoms with van der Waals surface area (Å²) in [5.74, 6) is -0.812. The molecule has 2 aromatic heterocycles. The van der Waals surface area contributed by atoms with Gasteiger partial charge >= 0.3 is 0 Å². The molecule has 4 aromatic rings. The first-order chi connectivity index (χ1) is 19.6. The minimum atomic E-state index is -4.17. The van der Waals surface area contributed by atoms with E-state index in [4.69, 9.17) is 0 Å². The lowest BCUT2D eigenvalue weighted by atomic mass is 10.2. The van der Waals surface area contributed by atoms with Crippen molar-refractivity contribution in [1.29, 1.82) is 5.26 Å². The van der Waals surface area contributed by atoms with E-state index in [1.54, 1.807) is 26.0 Å². The van der Waals surface area contributed by atoms with Crippen molar-refractivity contribution in [3.05, 3.63) is 84.2 Å². The van der Waals surface area contributed by atoms with Gasteiger partial charge in [-0.1, -0.05) is 50.2 Å². The van der Waals surface area contributed by atoms with Crippen LogP contribution in [0.2, 0.25) is 0 Å². The standard InChI is InChI=1S/C30H35N5O4S2/c1-4-22(3)35(41(38,39)21-24-17-26-11-7-9-13-29(26)34-19-24)30(27(5-2)32-15-14-31)40(36,37)20-23-16-25-10-6-8-12-28(25)33-18-23/h6-13,16-19,22,27,30,32H,4-5,15,20-21H2,1-3H3/t22-,27?,30-/m0/s1. The lowest BCUT2D eigenvalue weighted by molar-refractivity contribution is 0.258. The van der Waals surface area contributed by atoms with Crippen molar-refractivity contribution in [2.45, 2.75) is 62.6 Å². The molecular formula is C30H35N5O4S2. The molecule has 1 N–H and O–H groups in total. The number of fused-ring (bicyclic) bond motifs is 2. The second-order valence-corrected chi connectivity index (χ2v) is 14.1. The molecule has 0 aliphatic carbocycles. The summed E-state index contributed by atoms with van der Waals surface area (Å²) in [7, 11) is -8.30. The van der Waals surface area contributed by atoms with Crippen molar-refractivity contribution < 1.29 is 16.8 Å². The molecule has 0 fully saturated rings. The minimum Gasteiger partial charge on any atom is -0.299 e. The Hall–Kier alpha value is -3.43. The molecule has 216 valence electrons. The summed E-state index contributed by atoms with van der Waals surface area (Å²) < 4.78 is 58.0. The van der Waals surface area contributed by atoms with Gasteiger partial charge < -0.3 is 0 Å². The van der Waals surface area contributed by atoms with E-state index in [-0.39, 0.29) is 6.54 Å². The van der Waals surface area contributed by atoms with E-state index in [0.717, 1.165) is 26.1 Å². The third-order valence-electron chi connectivity index (χ3n) is 7.20. The Morgan fingerprint density at radius 2 is 1.39 bits per heavy atom. The monoisotopic (exact) mass is 593 g/mol. The Morgan fingerprint density at radius 1 is 0.854 bits per heavy atom. The minimum absolute atomic E-state index is 0.120. The molecule has 9 nitrogen and oxygen atoms in total. The lowest BCUT2D eigenvalue weighted by Crippen LogP contribution is -2.59. The number of nitriles is 1. The summed E-state index contributed by atoms with van der Waals surface area (Å²) in [6, 6.07) is 18.9. The summed E-state index contributed by atoms with van der Waals surface area (Å²) in [5, 5.41) is 12.4. The number of rotatable bonds is 13. The van der Waals surface area contributed by atoms with Gasteiger partial charge in [-0.05, 0) is 55.2 Å². The van der Waals surface area contributed by atoms with Gasteiger partial charge in [0.15, 0.2) is 9.84 Å². The second-order valence-electron chi connectivity index (χ2n) is 10.2. The van der Waals surface area contributed by atoms with Gasteiger partial charge in [-0.25, -0.2) is 16.8 Å². The van der Waals surface area contributed by atoms with Gasteiger partial charge in [-0.15, -0.1) is 0 Å². The van der Waals surface area contributed by atoms with Crippen molar-refractivity contribution in [1.82, 2.24) is 19.6 Å². The Bertz CT molecular complexity index is 1770. The molecule has 41 heavy (non-hydrogen) atoms. The van der Waals surface area contributed by atoms with Crippen molar-refractivity contribution in [2.24, 2.45) is 0 Å². The van der Waals surface area contributed by atoms with Crippen LogP contribution in [0.4, 0.5) is 0 Å². The fourth-order valence-electron chi connectivity index (χ4n) is 5.07. The van der Waals surface area contributed by atoms with Crippen LogP contribution in [0.1, 0.15) is 44.7 Å². The Kier molecular flexibility index (Phi) is 9.71. The molecule has 0 saturated heterocycles. The Morgan fingerprint density at radius 3 is 1.90 bits per heavy atom. The van der Waals surface area contributed by atoms with Crippen LogP contribution >= 0.6 is 0 Å². The number of nitrogens with one attached hydrogen (secondary N) is 1. The zero-order valence-corrected chi connectivity index (χ0v) is 25.1. The molecule has 0 bridgehead atoms. The summed E-state index contributed by atoms with van der Waals surface area (Å²) in [5.41, 5.74) is 2.40. The van der Waals surface area contributed by atoms with Crippen LogP contribution in [0.5, 0.6) is 0 Å². The molecule has 2 heterocycles. The fraction of sp³-hybridized carbons (Fsp3) is 0.367. The normalized spacial score (nSPS) is 14.6. The van der Waals surface area contributed by atoms with Gasteiger partial charge in [0.2, 0.25) is 10.0 Å². The molecule has 11 heteroatoms. The van der Waals surface area contributed by atoms with Crippen LogP contribution in [0.15, 0.2) is 73.1 Å². The van der Waals surface area contributed by atoms with E-state index < -0.39 is 48.8 Å². The molecule has 0 aliphatic rings. The van der Waals surface area contributed by atoms with E-state index in [1.165, 1.54) is 12.4 Å². The molecule has 0 radical (unpaired) electrons. The maximum atomic E-state index is 14.3. The highest BCUT2D eigenvalue weighted by Gasteiger charge is 2.45. The van der Waals surface area contributed by atoms with E-state index in [9.17, 15) is 22.1 Å². The van der Waals surface area contributed by atoms with Gasteiger partial charge in [-0.2, -0.15) is 9.57 Å². The van der Waals surface area contributed by atoms with Crippen LogP contribution in [0.3, 0.4) is 0 Å². The predicted molar refractivity (Wildman–Crippen MR) is 162 cm³/mol. The number of pyridine rings is 2. The molecule has 0 spiro atoms. The molecule has 4 rings (SSSR count). The van der Waals surface area contributed by atoms with E-state index in [1.807, 2.05) is 61.5 Å². The fourth-order valence-corrected chi connectivity index (χ4v) is 9.85. The zero-order chi connectivity index (χ0) is 29.6. The van der Waals surface area contributed by atoms with Gasteiger partial charge in [0.05, 0.1) is 35.2 Å². The number of sulfone groups is 1. The van der Waals surface area contributed by atoms with Gasteiger partial charge in [-0.3, -0.25) is 15.3 Å². The largest absolute Gasteiger partial charge is 0.299 e. The molecule has 0 aliphatic heterocycles. The number of sulfonamides is 1. The van der Waals surface area contributed by atoms with Crippen LogP contribution in [-0.2, 0) is 31.4 Å². The predicted octanol–water partition coefficient (Wildman–Crippen LogP) is 4.55. The molecule has 0 saturated carbocycles. The summed E-state index contributed by atoms with van der Waals surface area (Å²) in [4.78, 5) is 8.80. The van der Waals surface area contributed by atoms with E-state index in [0.29, 0.717) is 24.0 Å². The highest BCUT2D eigenvalue weighted by atomic mass is 32.2. The van der Waals surface area contributed by atoms with Crippen LogP contribution in [-0.4, -0.2) is 55.1 Å². The average Bonchev–Trinajstić information content (AvgIpc) is 2.95. The van der Waals surface area contributed by atoms with Crippen molar-refractivity contribution in [3.63, 3.8) is 0 Å². The number of para-hydroxylation sites is 2. The highest BCUT2D eigenvalue weighted by molar-refractivity contribution is 7.93. The Labute approximate surface area is 242 Å². The topological polar surface area (TPSA) is 133 Å². The first-order valence-corrected chi connectivity index (χ1v) is 16.9. The van der Waals surface area contributed by atoms with Gasteiger partial charge in [0, 0.05) is 35.2 Å². The lowest BCUT2D eigenvalue weighted by Gasteiger charge is -2.39. The number of hydrogen-bond acceptors (Lipinski definition) is 8. The van der Waals surface area contributed by atoms with Crippen molar-refractivity contribution >= 4 is 41.7 Å². The van der Waals surface area contributed by atoms with E-state index in [2.05, 4.69) is 15.3 Å². The zero-order valence-electron chi connectivity index (χ0n) is 23.4. The molecular weight excluding hydrogens is 558 g/mol. The summed E-state index contributed by atoms with van der Waals surface area (Å²) in [6.07, 6.45) is 3.72. The van der Waals surface area contributed by atoms with Crippen LogP contribution in [0.25, 0.3) is 21.8 Å². The highest BCUT2D eigenvalue weighted by Crippen LogP contribution is 2.29. The maximum Gasteiger partial charge on any atom is 0.219 e. The van der Waals surface area contributed by atoms with Gasteiger partial charge in [0.25, 0.3) is 0 Å². The van der Waals surface area contributed by atoms with Crippen molar-refractivity contribution in [3.8, 4) is 6.07 Å². The van der Waals surface area contributed by atoms with Crippen molar-refractivity contribution in [2.75, 3.05) is 6.54 Å². The van der Waals surface area contributed by atoms with Crippen LogP contribution < -0.4 is 5.32 Å². The van der Waals surface area contributed by atoms with Gasteiger partial charge in [0.1, 0.15) is 5.37 Å². The molecule has 1 unspecified atom stereocenters. The molecule has 2 aromatic carbocycles. The quantitative estimate of drug-likeness (QED) is 0.223. The Balaban J connectivity index is 1.78. The first kappa shape index (κ1) is 30.5. The summed E-state index contributed by atoms with van der Waals surface area (Å²) >= 11 is 0. The smallest absolute Gasteiger partial charge is 0.219 e. The van der Waals surface area contributed by atoms with Crippen LogP contribution in [0, 0.1) is 11.3 Å². The van der Waals surface area contributed by atoms with E-state index >= 15 is 0 Å². The SMILES string of the molecule is CCC(NCC#N)[C@@H](N([C@@H](C)CC)S(=O)(=O)Cc1cnc2ccccc2c1)S(=O)(=O)Cc1cnc2ccccc2c1. The first-order valence-electron chi connectivity index (χ1n) is 13.6. The molecule has 3 atom stereocenters. The average molecular weight is 594 g/mol. The second kappa shape index (κ2) is 13.0. The third kappa shape index (κ3) is 7.08. The maximum absolute atomic E-state index is 14.3. The molecule has 0 amide bonds. The number of nitrogens with zero attached hydrogens (tertiary/aromatic N) is 4. The number of benzene rings is 2. The third-order valence-corrected chi connectivity index (χ3v) is 11.3. The number of hydrogen-bond donors (Lipinski definition) is 1. The number of aromatic nitrogens is 2. The summed E-state index contributed by atoms with van der Waals surface area (Å²) in [6.45, 7) is 5.20.